The molecular formula is C14H12S. The fraction of sp³-hybridized carbons (Fsp3) is 0. The fourth-order valence-electron chi connectivity index (χ4n) is 1.20. The summed E-state index contributed by atoms with van der Waals surface area (Å²) in [5.41, 5.74) is 1.17. The first-order valence-electron chi connectivity index (χ1n) is 4.84. The summed E-state index contributed by atoms with van der Waals surface area (Å²) >= 11 is 1.86. The second-order valence-electron chi connectivity index (χ2n) is 3.16. The molecule has 0 saturated heterocycles. The van der Waals surface area contributed by atoms with Crippen LogP contribution in [-0.4, -0.2) is 0 Å². The lowest BCUT2D eigenvalue weighted by atomic mass is 10.2. The van der Waals surface area contributed by atoms with Crippen molar-refractivity contribution in [3.63, 3.8) is 0 Å². The molecule has 0 aliphatic carbocycles. The minimum atomic E-state index is 1.17. The molecule has 0 radical (unpaired) electrons. The van der Waals surface area contributed by atoms with Gasteiger partial charge in [-0.3, -0.25) is 0 Å². The molecule has 1 aliphatic rings. The van der Waals surface area contributed by atoms with Crippen LogP contribution >= 0.6 is 11.8 Å². The van der Waals surface area contributed by atoms with E-state index in [1.807, 2.05) is 48.2 Å². The maximum absolute atomic E-state index is 3.63. The number of rotatable bonds is 1. The maximum atomic E-state index is 3.63. The quantitative estimate of drug-likeness (QED) is 0.536. The Bertz CT molecular complexity index is 425. The molecule has 0 bridgehead atoms. The van der Waals surface area contributed by atoms with Gasteiger partial charge < -0.3 is 0 Å². The van der Waals surface area contributed by atoms with Crippen LogP contribution in [0.1, 0.15) is 5.56 Å². The summed E-state index contributed by atoms with van der Waals surface area (Å²) in [6.45, 7) is 3.63. The van der Waals surface area contributed by atoms with Gasteiger partial charge >= 0.3 is 0 Å². The summed E-state index contributed by atoms with van der Waals surface area (Å²) in [6.07, 6.45) is 1.83. The summed E-state index contributed by atoms with van der Waals surface area (Å²) in [6, 6.07) is 18.4. The molecule has 1 aliphatic heterocycles. The van der Waals surface area contributed by atoms with Crippen LogP contribution in [0.4, 0.5) is 0 Å². The normalized spacial score (nSPS) is 10.7. The number of benzene rings is 2. The third-order valence-electron chi connectivity index (χ3n) is 2.06. The average molecular weight is 212 g/mol. The third-order valence-corrected chi connectivity index (χ3v) is 3.01. The van der Waals surface area contributed by atoms with E-state index in [2.05, 4.69) is 30.8 Å². The molecule has 3 rings (SSSR count). The van der Waals surface area contributed by atoms with Crippen LogP contribution in [0.25, 0.3) is 6.08 Å². The first kappa shape index (κ1) is 10.1. The molecule has 0 amide bonds. The number of fused-ring (bicyclic) bond motifs is 1. The molecule has 2 aromatic rings. The second-order valence-corrected chi connectivity index (χ2v) is 4.25. The van der Waals surface area contributed by atoms with E-state index in [9.17, 15) is 0 Å². The van der Waals surface area contributed by atoms with Crippen molar-refractivity contribution in [2.75, 3.05) is 0 Å². The van der Waals surface area contributed by atoms with Crippen molar-refractivity contribution in [3.05, 3.63) is 66.7 Å². The highest BCUT2D eigenvalue weighted by Crippen LogP contribution is 2.47. The summed E-state index contributed by atoms with van der Waals surface area (Å²) in [5, 5.41) is 0. The van der Waals surface area contributed by atoms with Gasteiger partial charge in [-0.25, -0.2) is 0 Å². The van der Waals surface area contributed by atoms with Gasteiger partial charge in [-0.2, -0.15) is 0 Å². The fourth-order valence-corrected chi connectivity index (χ4v) is 1.82. The molecule has 0 unspecified atom stereocenters. The Balaban J connectivity index is 0.000000114. The van der Waals surface area contributed by atoms with Crippen LogP contribution in [-0.2, 0) is 0 Å². The first-order valence-corrected chi connectivity index (χ1v) is 5.66. The van der Waals surface area contributed by atoms with E-state index >= 15 is 0 Å². The molecule has 74 valence electrons. The Morgan fingerprint density at radius 2 is 1.33 bits per heavy atom. The van der Waals surface area contributed by atoms with E-state index in [0.29, 0.717) is 0 Å². The van der Waals surface area contributed by atoms with Crippen LogP contribution in [0.3, 0.4) is 0 Å². The molecule has 0 atom stereocenters. The van der Waals surface area contributed by atoms with Crippen LogP contribution in [0, 0.1) is 0 Å². The molecule has 0 nitrogen and oxygen atoms in total. The average Bonchev–Trinajstić information content (AvgIpc) is 3.10. The first-order chi connectivity index (χ1) is 7.40. The smallest absolute Gasteiger partial charge is 0.0262 e. The van der Waals surface area contributed by atoms with Gasteiger partial charge in [0.25, 0.3) is 0 Å². The molecule has 15 heavy (non-hydrogen) atoms. The zero-order chi connectivity index (χ0) is 10.5. The molecule has 0 spiro atoms. The van der Waals surface area contributed by atoms with E-state index < -0.39 is 0 Å². The second kappa shape index (κ2) is 4.85. The minimum absolute atomic E-state index is 1.17. The Hall–Kier alpha value is -1.47. The van der Waals surface area contributed by atoms with Gasteiger partial charge in [0.15, 0.2) is 0 Å². The van der Waals surface area contributed by atoms with Crippen LogP contribution in [0.2, 0.25) is 0 Å². The van der Waals surface area contributed by atoms with Crippen molar-refractivity contribution in [1.82, 2.24) is 0 Å². The molecule has 0 fully saturated rings. The summed E-state index contributed by atoms with van der Waals surface area (Å²) in [5.74, 6) is 0. The van der Waals surface area contributed by atoms with Crippen molar-refractivity contribution in [2.45, 2.75) is 9.79 Å². The van der Waals surface area contributed by atoms with Crippen LogP contribution in [0.15, 0.2) is 71.0 Å². The SMILES string of the molecule is C=Cc1ccccc1.c1ccc2c(c1)S2. The van der Waals surface area contributed by atoms with Crippen molar-refractivity contribution < 1.29 is 0 Å². The van der Waals surface area contributed by atoms with Gasteiger partial charge in [-0.15, -0.1) is 0 Å². The topological polar surface area (TPSA) is 0 Å². The molecule has 1 heterocycles. The summed E-state index contributed by atoms with van der Waals surface area (Å²) < 4.78 is 0. The molecular weight excluding hydrogens is 200 g/mol. The molecule has 0 saturated carbocycles. The van der Waals surface area contributed by atoms with Gasteiger partial charge in [0.1, 0.15) is 0 Å². The van der Waals surface area contributed by atoms with Crippen molar-refractivity contribution in [3.8, 4) is 0 Å². The minimum Gasteiger partial charge on any atom is -0.0985 e. The Kier molecular flexibility index (Phi) is 3.25. The Labute approximate surface area is 94.7 Å². The zero-order valence-electron chi connectivity index (χ0n) is 8.39. The predicted octanol–water partition coefficient (Wildman–Crippen LogP) is 4.48. The summed E-state index contributed by atoms with van der Waals surface area (Å²) in [7, 11) is 0. The monoisotopic (exact) mass is 212 g/mol. The number of hydrogen-bond donors (Lipinski definition) is 0. The van der Waals surface area contributed by atoms with Gasteiger partial charge in [0.2, 0.25) is 0 Å². The standard InChI is InChI=1S/C8H8.C6H4S/c1-2-8-6-4-3-5-7-8;1-2-4-6-5(3-1)7-6/h2-7H,1H2;1-4H. The van der Waals surface area contributed by atoms with Crippen molar-refractivity contribution in [2.24, 2.45) is 0 Å². The molecule has 2 aromatic carbocycles. The lowest BCUT2D eigenvalue weighted by Gasteiger charge is -1.85. The van der Waals surface area contributed by atoms with E-state index in [1.54, 1.807) is 0 Å². The van der Waals surface area contributed by atoms with E-state index in [4.69, 9.17) is 0 Å². The van der Waals surface area contributed by atoms with Crippen LogP contribution < -0.4 is 0 Å². The van der Waals surface area contributed by atoms with Crippen LogP contribution in [0.5, 0.6) is 0 Å². The zero-order valence-corrected chi connectivity index (χ0v) is 9.21. The highest BCUT2D eigenvalue weighted by atomic mass is 32.2. The van der Waals surface area contributed by atoms with Crippen molar-refractivity contribution in [1.29, 1.82) is 0 Å². The van der Waals surface area contributed by atoms with Gasteiger partial charge in [-0.05, 0) is 17.7 Å². The maximum Gasteiger partial charge on any atom is 0.0262 e. The van der Waals surface area contributed by atoms with Gasteiger partial charge in [-0.1, -0.05) is 66.9 Å². The predicted molar refractivity (Wildman–Crippen MR) is 67.1 cm³/mol. The lowest BCUT2D eigenvalue weighted by Crippen LogP contribution is -1.63. The molecule has 1 heteroatoms. The lowest BCUT2D eigenvalue weighted by molar-refractivity contribution is 1.38. The van der Waals surface area contributed by atoms with E-state index in [1.165, 1.54) is 15.4 Å². The van der Waals surface area contributed by atoms with E-state index in [-0.39, 0.29) is 0 Å². The largest absolute Gasteiger partial charge is 0.0985 e. The number of hydrogen-bond acceptors (Lipinski definition) is 1. The molecule has 0 aromatic heterocycles. The van der Waals surface area contributed by atoms with Gasteiger partial charge in [0.05, 0.1) is 0 Å². The van der Waals surface area contributed by atoms with Gasteiger partial charge in [0, 0.05) is 9.79 Å². The van der Waals surface area contributed by atoms with E-state index in [0.717, 1.165) is 0 Å². The summed E-state index contributed by atoms with van der Waals surface area (Å²) in [4.78, 5) is 2.89. The Morgan fingerprint density at radius 1 is 0.800 bits per heavy atom. The highest BCUT2D eigenvalue weighted by Gasteiger charge is 2.14. The van der Waals surface area contributed by atoms with Crippen molar-refractivity contribution >= 4 is 17.8 Å². The molecule has 0 N–H and O–H groups in total. The highest BCUT2D eigenvalue weighted by molar-refractivity contribution is 8.04. The Morgan fingerprint density at radius 3 is 1.73 bits per heavy atom. The third kappa shape index (κ3) is 3.00.